The van der Waals surface area contributed by atoms with E-state index in [4.69, 9.17) is 4.74 Å². The molecule has 0 radical (unpaired) electrons. The van der Waals surface area contributed by atoms with E-state index in [0.29, 0.717) is 41.8 Å². The summed E-state index contributed by atoms with van der Waals surface area (Å²) < 4.78 is 4.90. The number of hydrogen-bond acceptors (Lipinski definition) is 9. The van der Waals surface area contributed by atoms with E-state index in [1.807, 2.05) is 6.92 Å². The molecule has 2 aromatic rings. The summed E-state index contributed by atoms with van der Waals surface area (Å²) in [7, 11) is 1.77. The molecule has 0 bridgehead atoms. The van der Waals surface area contributed by atoms with Crippen LogP contribution in [0.2, 0.25) is 0 Å². The van der Waals surface area contributed by atoms with Gasteiger partial charge in [-0.25, -0.2) is 15.0 Å². The maximum atomic E-state index is 11.5. The number of nitrogens with one attached hydrogen (secondary N) is 3. The maximum Gasteiger partial charge on any atom is 0.325 e. The fourth-order valence-electron chi connectivity index (χ4n) is 2.25. The Hall–Kier alpha value is -2.71. The van der Waals surface area contributed by atoms with Crippen LogP contribution in [-0.4, -0.2) is 52.6 Å². The molecule has 2 aromatic heterocycles. The van der Waals surface area contributed by atoms with Crippen LogP contribution in [-0.2, 0) is 16.0 Å². The van der Waals surface area contributed by atoms with Gasteiger partial charge in [-0.2, -0.15) is 4.98 Å². The van der Waals surface area contributed by atoms with Gasteiger partial charge in [0.2, 0.25) is 11.9 Å². The average molecular weight is 347 g/mol. The lowest BCUT2D eigenvalue weighted by Gasteiger charge is -2.12. The molecule has 2 heterocycles. The minimum atomic E-state index is -0.358. The third-order valence-corrected chi connectivity index (χ3v) is 3.42. The van der Waals surface area contributed by atoms with Crippen molar-refractivity contribution in [1.29, 1.82) is 0 Å². The van der Waals surface area contributed by atoms with Crippen LogP contribution in [0, 0.1) is 0 Å². The van der Waals surface area contributed by atoms with Crippen molar-refractivity contribution in [1.82, 2.24) is 19.9 Å². The van der Waals surface area contributed by atoms with Gasteiger partial charge in [-0.1, -0.05) is 13.8 Å². The molecule has 9 nitrogen and oxygen atoms in total. The Labute approximate surface area is 147 Å². The van der Waals surface area contributed by atoms with Crippen molar-refractivity contribution in [3.8, 4) is 0 Å². The van der Waals surface area contributed by atoms with E-state index in [0.717, 1.165) is 18.7 Å². The first-order valence-electron chi connectivity index (χ1n) is 8.52. The van der Waals surface area contributed by atoms with Crippen molar-refractivity contribution < 1.29 is 9.53 Å². The predicted octanol–water partition coefficient (Wildman–Crippen LogP) is 1.82. The molecule has 0 atom stereocenters. The molecule has 0 aliphatic carbocycles. The monoisotopic (exact) mass is 347 g/mol. The predicted molar refractivity (Wildman–Crippen MR) is 98.0 cm³/mol. The highest BCUT2D eigenvalue weighted by atomic mass is 16.5. The molecule has 0 spiro atoms. The number of rotatable bonds is 9. The summed E-state index contributed by atoms with van der Waals surface area (Å²) in [5.74, 6) is 1.12. The molecule has 0 fully saturated rings. The first kappa shape index (κ1) is 18.6. The van der Waals surface area contributed by atoms with Crippen LogP contribution in [0.15, 0.2) is 0 Å². The zero-order chi connectivity index (χ0) is 18.2. The van der Waals surface area contributed by atoms with E-state index in [1.165, 1.54) is 0 Å². The SMILES string of the molecule is CCCNc1nc(CC)c2nc(NCC(=O)OCC)nc(NC)c2n1. The molecule has 0 aliphatic rings. The third-order valence-electron chi connectivity index (χ3n) is 3.42. The zero-order valence-electron chi connectivity index (χ0n) is 15.1. The van der Waals surface area contributed by atoms with Gasteiger partial charge in [0, 0.05) is 13.6 Å². The van der Waals surface area contributed by atoms with E-state index >= 15 is 0 Å². The number of aromatic nitrogens is 4. The van der Waals surface area contributed by atoms with Crippen molar-refractivity contribution in [2.24, 2.45) is 0 Å². The molecule has 0 aliphatic heterocycles. The van der Waals surface area contributed by atoms with Gasteiger partial charge in [-0.05, 0) is 19.8 Å². The Bertz CT molecular complexity index is 736. The number of hydrogen-bond donors (Lipinski definition) is 3. The summed E-state index contributed by atoms with van der Waals surface area (Å²) in [5, 5.41) is 9.12. The summed E-state index contributed by atoms with van der Waals surface area (Å²) in [6, 6.07) is 0. The molecular formula is C16H25N7O2. The van der Waals surface area contributed by atoms with Gasteiger partial charge in [0.1, 0.15) is 17.6 Å². The Kier molecular flexibility index (Phi) is 6.67. The number of nitrogens with zero attached hydrogens (tertiary/aromatic N) is 4. The standard InChI is InChI=1S/C16H25N7O2/c1-5-8-18-15-20-10(6-2)12-13(22-15)14(17-4)23-16(21-12)19-9-11(24)25-7-3/h5-9H2,1-4H3,(H,18,20,22)(H2,17,19,21,23). The summed E-state index contributed by atoms with van der Waals surface area (Å²) in [6.45, 7) is 6.99. The van der Waals surface area contributed by atoms with Crippen LogP contribution in [0.3, 0.4) is 0 Å². The fourth-order valence-corrected chi connectivity index (χ4v) is 2.25. The first-order valence-corrected chi connectivity index (χ1v) is 8.52. The highest BCUT2D eigenvalue weighted by Crippen LogP contribution is 2.24. The Morgan fingerprint density at radius 3 is 2.36 bits per heavy atom. The number of carbonyl (C=O) groups is 1. The highest BCUT2D eigenvalue weighted by Gasteiger charge is 2.15. The van der Waals surface area contributed by atoms with Gasteiger partial charge in [0.25, 0.3) is 0 Å². The van der Waals surface area contributed by atoms with Crippen LogP contribution in [0.4, 0.5) is 17.7 Å². The largest absolute Gasteiger partial charge is 0.465 e. The number of esters is 1. The van der Waals surface area contributed by atoms with Gasteiger partial charge in [-0.3, -0.25) is 4.79 Å². The van der Waals surface area contributed by atoms with Crippen LogP contribution >= 0.6 is 0 Å². The molecule has 0 unspecified atom stereocenters. The van der Waals surface area contributed by atoms with Crippen molar-refractivity contribution >= 4 is 34.7 Å². The summed E-state index contributed by atoms with van der Waals surface area (Å²) in [6.07, 6.45) is 1.69. The first-order chi connectivity index (χ1) is 12.1. The Balaban J connectivity index is 2.39. The number of carbonyl (C=O) groups excluding carboxylic acids is 1. The second kappa shape index (κ2) is 8.95. The number of aryl methyl sites for hydroxylation is 1. The van der Waals surface area contributed by atoms with E-state index in [9.17, 15) is 4.79 Å². The lowest BCUT2D eigenvalue weighted by molar-refractivity contribution is -0.140. The van der Waals surface area contributed by atoms with E-state index in [-0.39, 0.29) is 12.5 Å². The van der Waals surface area contributed by atoms with E-state index in [1.54, 1.807) is 14.0 Å². The van der Waals surface area contributed by atoms with Crippen LogP contribution in [0.25, 0.3) is 11.0 Å². The van der Waals surface area contributed by atoms with Gasteiger partial charge >= 0.3 is 5.97 Å². The lowest BCUT2D eigenvalue weighted by atomic mass is 10.2. The molecule has 0 saturated carbocycles. The molecule has 0 aromatic carbocycles. The van der Waals surface area contributed by atoms with Crippen molar-refractivity contribution in [3.63, 3.8) is 0 Å². The topological polar surface area (TPSA) is 114 Å². The molecule has 136 valence electrons. The van der Waals surface area contributed by atoms with Crippen molar-refractivity contribution in [2.45, 2.75) is 33.6 Å². The smallest absolute Gasteiger partial charge is 0.325 e. The molecule has 2 rings (SSSR count). The van der Waals surface area contributed by atoms with Crippen LogP contribution in [0.5, 0.6) is 0 Å². The van der Waals surface area contributed by atoms with Crippen LogP contribution < -0.4 is 16.0 Å². The zero-order valence-corrected chi connectivity index (χ0v) is 15.1. The van der Waals surface area contributed by atoms with E-state index in [2.05, 4.69) is 42.8 Å². The molecule has 0 saturated heterocycles. The van der Waals surface area contributed by atoms with Gasteiger partial charge < -0.3 is 20.7 Å². The normalized spacial score (nSPS) is 10.6. The van der Waals surface area contributed by atoms with Gasteiger partial charge in [-0.15, -0.1) is 0 Å². The summed E-state index contributed by atoms with van der Waals surface area (Å²) >= 11 is 0. The highest BCUT2D eigenvalue weighted by molar-refractivity contribution is 5.89. The summed E-state index contributed by atoms with van der Waals surface area (Å²) in [5.41, 5.74) is 2.13. The molecule has 25 heavy (non-hydrogen) atoms. The quantitative estimate of drug-likeness (QED) is 0.584. The number of fused-ring (bicyclic) bond motifs is 1. The summed E-state index contributed by atoms with van der Waals surface area (Å²) in [4.78, 5) is 29.5. The second-order valence-electron chi connectivity index (χ2n) is 5.28. The second-order valence-corrected chi connectivity index (χ2v) is 5.28. The number of ether oxygens (including phenoxy) is 1. The fraction of sp³-hybridized carbons (Fsp3) is 0.562. The van der Waals surface area contributed by atoms with Crippen molar-refractivity contribution in [2.75, 3.05) is 42.7 Å². The van der Waals surface area contributed by atoms with Gasteiger partial charge in [0.05, 0.1) is 12.3 Å². The van der Waals surface area contributed by atoms with Gasteiger partial charge in [0.15, 0.2) is 5.82 Å². The van der Waals surface area contributed by atoms with Crippen molar-refractivity contribution in [3.05, 3.63) is 5.69 Å². The third kappa shape index (κ3) is 4.65. The molecule has 3 N–H and O–H groups in total. The Morgan fingerprint density at radius 1 is 1.00 bits per heavy atom. The lowest BCUT2D eigenvalue weighted by Crippen LogP contribution is -2.18. The Morgan fingerprint density at radius 2 is 1.72 bits per heavy atom. The maximum absolute atomic E-state index is 11.5. The minimum absolute atomic E-state index is 0.000948. The van der Waals surface area contributed by atoms with Crippen LogP contribution in [0.1, 0.15) is 32.9 Å². The van der Waals surface area contributed by atoms with E-state index < -0.39 is 0 Å². The number of anilines is 3. The molecular weight excluding hydrogens is 322 g/mol. The average Bonchev–Trinajstić information content (AvgIpc) is 2.63. The molecule has 0 amide bonds. The molecule has 9 heteroatoms. The minimum Gasteiger partial charge on any atom is -0.465 e.